The van der Waals surface area contributed by atoms with Crippen molar-refractivity contribution in [3.8, 4) is 0 Å². The zero-order valence-electron chi connectivity index (χ0n) is 12.7. The summed E-state index contributed by atoms with van der Waals surface area (Å²) in [7, 11) is -2.95. The second-order valence-corrected chi connectivity index (χ2v) is 8.74. The molecule has 0 radical (unpaired) electrons. The molecule has 2 fully saturated rings. The molecule has 0 spiro atoms. The summed E-state index contributed by atoms with van der Waals surface area (Å²) in [6.45, 7) is 2.14. The van der Waals surface area contributed by atoms with Crippen LogP contribution in [0.3, 0.4) is 0 Å². The zero-order chi connectivity index (χ0) is 15.7. The van der Waals surface area contributed by atoms with Crippen LogP contribution in [0.4, 0.5) is 0 Å². The van der Waals surface area contributed by atoms with Crippen LogP contribution in [0.25, 0.3) is 0 Å². The van der Waals surface area contributed by atoms with E-state index in [-0.39, 0.29) is 17.7 Å². The van der Waals surface area contributed by atoms with Crippen molar-refractivity contribution in [2.24, 2.45) is 11.8 Å². The van der Waals surface area contributed by atoms with Gasteiger partial charge in [-0.05, 0) is 30.7 Å². The first kappa shape index (κ1) is 15.6. The van der Waals surface area contributed by atoms with Gasteiger partial charge in [0.1, 0.15) is 16.1 Å². The summed E-state index contributed by atoms with van der Waals surface area (Å²) in [5.74, 6) is 1.15. The van der Waals surface area contributed by atoms with Gasteiger partial charge in [-0.2, -0.15) is 0 Å². The number of hydrogen-bond acceptors (Lipinski definition) is 5. The first-order valence-electron chi connectivity index (χ1n) is 7.65. The average molecular weight is 326 g/mol. The van der Waals surface area contributed by atoms with Crippen molar-refractivity contribution < 1.29 is 17.6 Å². The first-order valence-corrected chi connectivity index (χ1v) is 9.71. The number of carbonyl (C=O) groups excluding carboxylic acids is 1. The fourth-order valence-electron chi connectivity index (χ4n) is 3.19. The highest BCUT2D eigenvalue weighted by molar-refractivity contribution is 7.90. The molecule has 0 bridgehead atoms. The molecule has 2 heterocycles. The maximum Gasteiger partial charge on any atom is 0.254 e. The van der Waals surface area contributed by atoms with Crippen LogP contribution < -0.4 is 5.32 Å². The van der Waals surface area contributed by atoms with E-state index in [1.54, 1.807) is 6.07 Å². The van der Waals surface area contributed by atoms with E-state index < -0.39 is 9.84 Å². The summed E-state index contributed by atoms with van der Waals surface area (Å²) in [5.41, 5.74) is 0.532. The third-order valence-electron chi connectivity index (χ3n) is 4.55. The molecule has 1 aliphatic carbocycles. The highest BCUT2D eigenvalue weighted by atomic mass is 32.2. The molecule has 2 atom stereocenters. The molecule has 1 saturated heterocycles. The molecule has 0 aromatic carbocycles. The molecule has 1 N–H and O–H groups in total. The Hall–Kier alpha value is -1.34. The van der Waals surface area contributed by atoms with E-state index in [1.165, 1.54) is 31.6 Å². The first-order chi connectivity index (χ1) is 10.4. The highest BCUT2D eigenvalue weighted by Crippen LogP contribution is 2.41. The Morgan fingerprint density at radius 3 is 2.77 bits per heavy atom. The van der Waals surface area contributed by atoms with Gasteiger partial charge in [-0.25, -0.2) is 8.42 Å². The maximum absolute atomic E-state index is 12.2. The molecule has 1 amide bonds. The summed E-state index contributed by atoms with van der Waals surface area (Å²) in [6.07, 6.45) is 6.61. The minimum absolute atomic E-state index is 0.0921. The van der Waals surface area contributed by atoms with Crippen molar-refractivity contribution in [1.82, 2.24) is 10.2 Å². The normalized spacial score (nSPS) is 26.2. The predicted molar refractivity (Wildman–Crippen MR) is 82.3 cm³/mol. The van der Waals surface area contributed by atoms with Crippen LogP contribution in [0.15, 0.2) is 23.0 Å². The van der Waals surface area contributed by atoms with Crippen LogP contribution >= 0.6 is 0 Å². The Morgan fingerprint density at radius 1 is 1.41 bits per heavy atom. The highest BCUT2D eigenvalue weighted by Gasteiger charge is 2.43. The second kappa shape index (κ2) is 6.04. The summed E-state index contributed by atoms with van der Waals surface area (Å²) >= 11 is 0. The number of rotatable bonds is 6. The lowest BCUT2D eigenvalue weighted by molar-refractivity contribution is 0.0927. The van der Waals surface area contributed by atoms with Gasteiger partial charge >= 0.3 is 0 Å². The van der Waals surface area contributed by atoms with E-state index in [1.807, 2.05) is 0 Å². The molecule has 3 rings (SSSR count). The monoisotopic (exact) mass is 326 g/mol. The fraction of sp³-hybridized carbons (Fsp3) is 0.667. The molecule has 2 aliphatic rings. The molecular weight excluding hydrogens is 304 g/mol. The van der Waals surface area contributed by atoms with Gasteiger partial charge in [-0.15, -0.1) is 0 Å². The summed E-state index contributed by atoms with van der Waals surface area (Å²) in [5, 5.41) is 3.09. The van der Waals surface area contributed by atoms with Gasteiger partial charge in [0.2, 0.25) is 0 Å². The van der Waals surface area contributed by atoms with Gasteiger partial charge in [0.05, 0.1) is 17.6 Å². The summed E-state index contributed by atoms with van der Waals surface area (Å²) < 4.78 is 27.6. The molecule has 22 heavy (non-hydrogen) atoms. The van der Waals surface area contributed by atoms with E-state index in [4.69, 9.17) is 4.42 Å². The number of hydrogen-bond donors (Lipinski definition) is 1. The van der Waals surface area contributed by atoms with E-state index in [9.17, 15) is 13.2 Å². The number of likely N-dealkylation sites (tertiary alicyclic amines) is 1. The van der Waals surface area contributed by atoms with Crippen molar-refractivity contribution in [1.29, 1.82) is 0 Å². The number of furan rings is 1. The van der Waals surface area contributed by atoms with E-state index in [0.717, 1.165) is 13.1 Å². The Labute approximate surface area is 130 Å². The van der Waals surface area contributed by atoms with Crippen LogP contribution in [-0.4, -0.2) is 56.9 Å². The smallest absolute Gasteiger partial charge is 0.254 e. The quantitative estimate of drug-likeness (QED) is 0.835. The van der Waals surface area contributed by atoms with E-state index in [2.05, 4.69) is 10.2 Å². The topological polar surface area (TPSA) is 79.6 Å². The molecule has 0 unspecified atom stereocenters. The SMILES string of the molecule is CS(=O)(=O)CCN1C[C@@H](NC(=O)c2ccoc2)[C@H](C2CC2)C1. The van der Waals surface area contributed by atoms with Gasteiger partial charge in [0.15, 0.2) is 0 Å². The van der Waals surface area contributed by atoms with Gasteiger partial charge < -0.3 is 9.73 Å². The van der Waals surface area contributed by atoms with Crippen molar-refractivity contribution >= 4 is 15.7 Å². The lowest BCUT2D eigenvalue weighted by Crippen LogP contribution is -2.41. The number of nitrogens with one attached hydrogen (secondary N) is 1. The van der Waals surface area contributed by atoms with Crippen LogP contribution in [0.2, 0.25) is 0 Å². The standard InChI is InChI=1S/C15H22N2O4S/c1-22(19,20)7-5-17-8-13(11-2-3-11)14(9-17)16-15(18)12-4-6-21-10-12/h4,6,10-11,13-14H,2-3,5,7-9H2,1H3,(H,16,18)/t13-,14+/m0/s1. The van der Waals surface area contributed by atoms with Gasteiger partial charge in [0, 0.05) is 31.9 Å². The lowest BCUT2D eigenvalue weighted by atomic mass is 9.98. The Kier molecular flexibility index (Phi) is 4.27. The van der Waals surface area contributed by atoms with E-state index >= 15 is 0 Å². The van der Waals surface area contributed by atoms with Crippen molar-refractivity contribution in [3.63, 3.8) is 0 Å². The maximum atomic E-state index is 12.2. The summed E-state index contributed by atoms with van der Waals surface area (Å²) in [4.78, 5) is 14.3. The van der Waals surface area contributed by atoms with Crippen molar-refractivity contribution in [3.05, 3.63) is 24.2 Å². The fourth-order valence-corrected chi connectivity index (χ4v) is 3.78. The van der Waals surface area contributed by atoms with Crippen molar-refractivity contribution in [2.45, 2.75) is 18.9 Å². The van der Waals surface area contributed by atoms with Gasteiger partial charge in [-0.1, -0.05) is 0 Å². The van der Waals surface area contributed by atoms with Crippen LogP contribution in [0.1, 0.15) is 23.2 Å². The van der Waals surface area contributed by atoms with Crippen LogP contribution in [0.5, 0.6) is 0 Å². The molecule has 122 valence electrons. The third kappa shape index (κ3) is 3.89. The number of nitrogens with zero attached hydrogens (tertiary/aromatic N) is 1. The Bertz CT molecular complexity index is 622. The summed E-state index contributed by atoms with van der Waals surface area (Å²) in [6, 6.07) is 1.74. The third-order valence-corrected chi connectivity index (χ3v) is 5.47. The zero-order valence-corrected chi connectivity index (χ0v) is 13.5. The Balaban J connectivity index is 1.60. The number of sulfone groups is 1. The molecule has 1 aromatic heterocycles. The molecular formula is C15H22N2O4S. The van der Waals surface area contributed by atoms with Gasteiger partial charge in [0.25, 0.3) is 5.91 Å². The predicted octanol–water partition coefficient (Wildman–Crippen LogP) is 0.764. The lowest BCUT2D eigenvalue weighted by Gasteiger charge is -2.19. The molecule has 6 nitrogen and oxygen atoms in total. The molecule has 1 saturated carbocycles. The largest absolute Gasteiger partial charge is 0.472 e. The number of amides is 1. The van der Waals surface area contributed by atoms with Gasteiger partial charge in [-0.3, -0.25) is 9.69 Å². The molecule has 1 aliphatic heterocycles. The molecule has 7 heteroatoms. The van der Waals surface area contributed by atoms with Crippen molar-refractivity contribution in [2.75, 3.05) is 31.6 Å². The van der Waals surface area contributed by atoms with Crippen LogP contribution in [-0.2, 0) is 9.84 Å². The number of carbonyl (C=O) groups is 1. The van der Waals surface area contributed by atoms with Crippen LogP contribution in [0, 0.1) is 11.8 Å². The molecule has 1 aromatic rings. The second-order valence-electron chi connectivity index (χ2n) is 6.48. The average Bonchev–Trinajstić information content (AvgIpc) is 2.99. The van der Waals surface area contributed by atoms with E-state index in [0.29, 0.717) is 23.9 Å². The Morgan fingerprint density at radius 2 is 2.18 bits per heavy atom. The minimum Gasteiger partial charge on any atom is -0.472 e. The minimum atomic E-state index is -2.95.